The van der Waals surface area contributed by atoms with Crippen LogP contribution in [0.1, 0.15) is 24.0 Å². The van der Waals surface area contributed by atoms with Gasteiger partial charge in [-0.1, -0.05) is 23.7 Å². The van der Waals surface area contributed by atoms with Crippen molar-refractivity contribution >= 4 is 35.1 Å². The van der Waals surface area contributed by atoms with Crippen LogP contribution in [0.15, 0.2) is 35.5 Å². The topological polar surface area (TPSA) is 117 Å². The summed E-state index contributed by atoms with van der Waals surface area (Å²) < 4.78 is 0. The number of nitrogens with zero attached hydrogens (tertiary/aromatic N) is 3. The SMILES string of the molecule is NC(=O)CNc1ncc2c(n1)NC(=NCc1cccc(Cl)c1)C1(CCNCC1)C2. The van der Waals surface area contributed by atoms with Gasteiger partial charge in [0.25, 0.3) is 0 Å². The third-order valence-corrected chi connectivity index (χ3v) is 5.66. The molecule has 0 unspecified atom stereocenters. The number of rotatable bonds is 5. The molecular formula is C20H24ClN7O. The number of aromatic nitrogens is 2. The van der Waals surface area contributed by atoms with Crippen LogP contribution in [0.2, 0.25) is 5.02 Å². The highest BCUT2D eigenvalue weighted by atomic mass is 35.5. The monoisotopic (exact) mass is 413 g/mol. The molecule has 152 valence electrons. The van der Waals surface area contributed by atoms with E-state index in [1.807, 2.05) is 30.5 Å². The Morgan fingerprint density at radius 2 is 2.17 bits per heavy atom. The van der Waals surface area contributed by atoms with Gasteiger partial charge in [-0.2, -0.15) is 4.98 Å². The first-order valence-corrected chi connectivity index (χ1v) is 10.1. The zero-order valence-corrected chi connectivity index (χ0v) is 16.8. The van der Waals surface area contributed by atoms with Gasteiger partial charge in [0.15, 0.2) is 0 Å². The first kappa shape index (κ1) is 19.6. The van der Waals surface area contributed by atoms with E-state index in [9.17, 15) is 4.79 Å². The zero-order chi connectivity index (χ0) is 20.3. The predicted octanol–water partition coefficient (Wildman–Crippen LogP) is 1.96. The maximum absolute atomic E-state index is 11.0. The molecule has 0 bridgehead atoms. The van der Waals surface area contributed by atoms with Crippen LogP contribution in [0.25, 0.3) is 0 Å². The van der Waals surface area contributed by atoms with Crippen LogP contribution in [-0.4, -0.2) is 41.3 Å². The normalized spacial score (nSPS) is 18.9. The van der Waals surface area contributed by atoms with Crippen molar-refractivity contribution in [3.63, 3.8) is 0 Å². The van der Waals surface area contributed by atoms with Gasteiger partial charge in [0, 0.05) is 22.2 Å². The zero-order valence-electron chi connectivity index (χ0n) is 16.0. The van der Waals surface area contributed by atoms with E-state index in [1.165, 1.54) is 0 Å². The van der Waals surface area contributed by atoms with E-state index in [0.717, 1.165) is 55.1 Å². The second-order valence-corrected chi connectivity index (χ2v) is 7.95. The summed E-state index contributed by atoms with van der Waals surface area (Å²) in [6.45, 7) is 2.44. The first-order valence-electron chi connectivity index (χ1n) is 9.69. The minimum atomic E-state index is -0.461. The largest absolute Gasteiger partial charge is 0.368 e. The molecule has 29 heavy (non-hydrogen) atoms. The van der Waals surface area contributed by atoms with Gasteiger partial charge in [0.1, 0.15) is 11.7 Å². The number of primary amides is 1. The Labute approximate surface area is 174 Å². The molecule has 1 aromatic carbocycles. The van der Waals surface area contributed by atoms with Gasteiger partial charge in [0.2, 0.25) is 11.9 Å². The average molecular weight is 414 g/mol. The van der Waals surface area contributed by atoms with Gasteiger partial charge in [0.05, 0.1) is 13.1 Å². The van der Waals surface area contributed by atoms with Crippen LogP contribution in [0.4, 0.5) is 11.8 Å². The summed E-state index contributed by atoms with van der Waals surface area (Å²) in [5.74, 6) is 1.58. The molecule has 2 aromatic rings. The van der Waals surface area contributed by atoms with E-state index in [4.69, 9.17) is 22.3 Å². The molecule has 5 N–H and O–H groups in total. The summed E-state index contributed by atoms with van der Waals surface area (Å²) in [6, 6.07) is 7.76. The van der Waals surface area contributed by atoms with Gasteiger partial charge in [-0.25, -0.2) is 4.98 Å². The molecule has 1 spiro atoms. The smallest absolute Gasteiger partial charge is 0.236 e. The predicted molar refractivity (Wildman–Crippen MR) is 114 cm³/mol. The molecule has 3 heterocycles. The Kier molecular flexibility index (Phi) is 5.64. The molecule has 2 aliphatic rings. The Hall–Kier alpha value is -2.71. The van der Waals surface area contributed by atoms with Crippen molar-refractivity contribution in [2.24, 2.45) is 16.1 Å². The number of aliphatic imine (C=N–C) groups is 1. The standard InChI is InChI=1S/C20H24ClN7O/c21-15-3-1-2-13(8-15)10-24-18-20(4-6-23-7-5-20)9-14-11-25-19(26-12-16(22)29)28-17(14)27-18/h1-3,8,11,23H,4-7,9-10,12H2,(H2,22,29)(H2,24,25,26,27,28). The van der Waals surface area contributed by atoms with E-state index >= 15 is 0 Å². The summed E-state index contributed by atoms with van der Waals surface area (Å²) in [6.07, 6.45) is 4.64. The number of hydrogen-bond acceptors (Lipinski definition) is 6. The van der Waals surface area contributed by atoms with Crippen LogP contribution < -0.4 is 21.7 Å². The van der Waals surface area contributed by atoms with Crippen molar-refractivity contribution < 1.29 is 4.79 Å². The van der Waals surface area contributed by atoms with Gasteiger partial charge in [-0.15, -0.1) is 0 Å². The van der Waals surface area contributed by atoms with Crippen molar-refractivity contribution in [1.82, 2.24) is 15.3 Å². The molecule has 8 nitrogen and oxygen atoms in total. The number of amides is 1. The third kappa shape index (κ3) is 4.49. The van der Waals surface area contributed by atoms with Crippen LogP contribution in [0.3, 0.4) is 0 Å². The maximum Gasteiger partial charge on any atom is 0.236 e. The Balaban J connectivity index is 1.62. The maximum atomic E-state index is 11.0. The number of amidine groups is 1. The Bertz CT molecular complexity index is 940. The van der Waals surface area contributed by atoms with Gasteiger partial charge < -0.3 is 21.7 Å². The molecule has 4 rings (SSSR count). The summed E-state index contributed by atoms with van der Waals surface area (Å²) in [5, 5.41) is 10.4. The van der Waals surface area contributed by atoms with Crippen LogP contribution in [0, 0.1) is 5.41 Å². The number of fused-ring (bicyclic) bond motifs is 1. The number of benzene rings is 1. The van der Waals surface area contributed by atoms with Crippen molar-refractivity contribution in [2.45, 2.75) is 25.8 Å². The molecule has 0 aliphatic carbocycles. The highest BCUT2D eigenvalue weighted by molar-refractivity contribution is 6.30. The second-order valence-electron chi connectivity index (χ2n) is 7.51. The lowest BCUT2D eigenvalue weighted by Gasteiger charge is -2.42. The summed E-state index contributed by atoms with van der Waals surface area (Å²) in [4.78, 5) is 24.8. The number of nitrogens with two attached hydrogens (primary N) is 1. The van der Waals surface area contributed by atoms with Crippen molar-refractivity contribution in [1.29, 1.82) is 0 Å². The summed E-state index contributed by atoms with van der Waals surface area (Å²) in [5.41, 5.74) is 7.26. The third-order valence-electron chi connectivity index (χ3n) is 5.42. The number of halogens is 1. The molecule has 2 aliphatic heterocycles. The van der Waals surface area contributed by atoms with E-state index < -0.39 is 5.91 Å². The number of hydrogen-bond donors (Lipinski definition) is 4. The van der Waals surface area contributed by atoms with E-state index in [1.54, 1.807) is 0 Å². The fourth-order valence-electron chi connectivity index (χ4n) is 3.92. The lowest BCUT2D eigenvalue weighted by atomic mass is 9.71. The number of piperidine rings is 1. The summed E-state index contributed by atoms with van der Waals surface area (Å²) >= 11 is 6.12. The van der Waals surface area contributed by atoms with Crippen molar-refractivity contribution in [2.75, 3.05) is 30.3 Å². The quantitative estimate of drug-likeness (QED) is 0.595. The number of anilines is 2. The lowest BCUT2D eigenvalue weighted by Crippen LogP contribution is -2.49. The second kappa shape index (κ2) is 8.34. The molecule has 1 fully saturated rings. The Morgan fingerprint density at radius 3 is 2.93 bits per heavy atom. The molecule has 1 saturated heterocycles. The molecule has 1 amide bonds. The van der Waals surface area contributed by atoms with E-state index in [2.05, 4.69) is 25.9 Å². The van der Waals surface area contributed by atoms with Crippen LogP contribution in [0.5, 0.6) is 0 Å². The minimum Gasteiger partial charge on any atom is -0.368 e. The highest BCUT2D eigenvalue weighted by Crippen LogP contribution is 2.40. The van der Waals surface area contributed by atoms with Crippen molar-refractivity contribution in [3.05, 3.63) is 46.6 Å². The van der Waals surface area contributed by atoms with Gasteiger partial charge >= 0.3 is 0 Å². The number of carbonyl (C=O) groups excluding carboxylic acids is 1. The average Bonchev–Trinajstić information content (AvgIpc) is 2.71. The van der Waals surface area contributed by atoms with Gasteiger partial charge in [-0.05, 0) is 50.0 Å². The van der Waals surface area contributed by atoms with Gasteiger partial charge in [-0.3, -0.25) is 9.79 Å². The number of carbonyl (C=O) groups is 1. The summed E-state index contributed by atoms with van der Waals surface area (Å²) in [7, 11) is 0. The molecule has 0 saturated carbocycles. The molecular weight excluding hydrogens is 390 g/mol. The fraction of sp³-hybridized carbons (Fsp3) is 0.400. The highest BCUT2D eigenvalue weighted by Gasteiger charge is 2.41. The van der Waals surface area contributed by atoms with Crippen LogP contribution >= 0.6 is 11.6 Å². The lowest BCUT2D eigenvalue weighted by molar-refractivity contribution is -0.116. The minimum absolute atomic E-state index is 0.00981. The van der Waals surface area contributed by atoms with E-state index in [-0.39, 0.29) is 12.0 Å². The fourth-order valence-corrected chi connectivity index (χ4v) is 4.13. The molecule has 1 aromatic heterocycles. The van der Waals surface area contributed by atoms with Crippen LogP contribution in [-0.2, 0) is 17.8 Å². The van der Waals surface area contributed by atoms with E-state index in [0.29, 0.717) is 17.5 Å². The van der Waals surface area contributed by atoms with Crippen molar-refractivity contribution in [3.8, 4) is 0 Å². The molecule has 0 radical (unpaired) electrons. The molecule has 9 heteroatoms. The molecule has 0 atom stereocenters. The number of nitrogens with one attached hydrogen (secondary N) is 3. The first-order chi connectivity index (χ1) is 14.0. The Morgan fingerprint density at radius 1 is 1.34 bits per heavy atom.